The van der Waals surface area contributed by atoms with Crippen molar-refractivity contribution in [3.63, 3.8) is 0 Å². The third kappa shape index (κ3) is 4.62. The Bertz CT molecular complexity index is 1140. The molecule has 33 heavy (non-hydrogen) atoms. The molecule has 1 saturated heterocycles. The number of piperazine rings is 1. The van der Waals surface area contributed by atoms with Gasteiger partial charge < -0.3 is 24.0 Å². The Morgan fingerprint density at radius 3 is 2.21 bits per heavy atom. The SMILES string of the molecule is O=C(c1cccc(Oc2ccccc2)c1)N1CCN(C(=O)C2COc3ccccc3O2)CC1. The van der Waals surface area contributed by atoms with Gasteiger partial charge in [-0.1, -0.05) is 36.4 Å². The summed E-state index contributed by atoms with van der Waals surface area (Å²) < 4.78 is 17.4. The molecule has 168 valence electrons. The van der Waals surface area contributed by atoms with Gasteiger partial charge in [-0.15, -0.1) is 0 Å². The van der Waals surface area contributed by atoms with Crippen molar-refractivity contribution in [2.75, 3.05) is 32.8 Å². The first-order valence-corrected chi connectivity index (χ1v) is 11.0. The second-order valence-electron chi connectivity index (χ2n) is 7.92. The molecular formula is C26H24N2O5. The van der Waals surface area contributed by atoms with E-state index < -0.39 is 6.10 Å². The summed E-state index contributed by atoms with van der Waals surface area (Å²) in [6, 6.07) is 23.9. The quantitative estimate of drug-likeness (QED) is 0.615. The summed E-state index contributed by atoms with van der Waals surface area (Å²) >= 11 is 0. The average molecular weight is 444 g/mol. The van der Waals surface area contributed by atoms with Crippen molar-refractivity contribution in [3.8, 4) is 23.0 Å². The maximum absolute atomic E-state index is 13.0. The number of hydrogen-bond acceptors (Lipinski definition) is 5. The molecule has 0 spiro atoms. The van der Waals surface area contributed by atoms with E-state index in [1.165, 1.54) is 0 Å². The molecule has 1 fully saturated rings. The molecule has 0 saturated carbocycles. The maximum Gasteiger partial charge on any atom is 0.267 e. The third-order valence-corrected chi connectivity index (χ3v) is 5.72. The van der Waals surface area contributed by atoms with Crippen molar-refractivity contribution in [2.45, 2.75) is 6.10 Å². The second kappa shape index (κ2) is 9.24. The Morgan fingerprint density at radius 2 is 1.42 bits per heavy atom. The van der Waals surface area contributed by atoms with Crippen molar-refractivity contribution in [1.29, 1.82) is 0 Å². The number of ether oxygens (including phenoxy) is 3. The lowest BCUT2D eigenvalue weighted by molar-refractivity contribution is -0.142. The first kappa shape index (κ1) is 20.9. The van der Waals surface area contributed by atoms with Crippen molar-refractivity contribution in [2.24, 2.45) is 0 Å². The van der Waals surface area contributed by atoms with Crippen LogP contribution in [0.2, 0.25) is 0 Å². The lowest BCUT2D eigenvalue weighted by Crippen LogP contribution is -2.55. The van der Waals surface area contributed by atoms with Crippen LogP contribution in [0, 0.1) is 0 Å². The van der Waals surface area contributed by atoms with Crippen LogP contribution in [-0.4, -0.2) is 60.5 Å². The van der Waals surface area contributed by atoms with E-state index >= 15 is 0 Å². The highest BCUT2D eigenvalue weighted by molar-refractivity contribution is 5.95. The molecule has 0 radical (unpaired) electrons. The first-order valence-electron chi connectivity index (χ1n) is 11.0. The summed E-state index contributed by atoms with van der Waals surface area (Å²) in [6.45, 7) is 2.00. The number of hydrogen-bond donors (Lipinski definition) is 0. The van der Waals surface area contributed by atoms with Crippen molar-refractivity contribution in [1.82, 2.24) is 9.80 Å². The van der Waals surface area contributed by atoms with E-state index in [1.54, 1.807) is 28.0 Å². The van der Waals surface area contributed by atoms with Crippen LogP contribution >= 0.6 is 0 Å². The van der Waals surface area contributed by atoms with E-state index in [2.05, 4.69) is 0 Å². The first-order chi connectivity index (χ1) is 16.2. The zero-order valence-corrected chi connectivity index (χ0v) is 18.1. The number of para-hydroxylation sites is 3. The lowest BCUT2D eigenvalue weighted by atomic mass is 10.1. The Hall–Kier alpha value is -4.00. The van der Waals surface area contributed by atoms with Gasteiger partial charge in [0.25, 0.3) is 11.8 Å². The highest BCUT2D eigenvalue weighted by Gasteiger charge is 2.33. The van der Waals surface area contributed by atoms with Crippen LogP contribution in [0.5, 0.6) is 23.0 Å². The van der Waals surface area contributed by atoms with E-state index in [1.807, 2.05) is 60.7 Å². The predicted octanol–water partition coefficient (Wildman–Crippen LogP) is 3.60. The van der Waals surface area contributed by atoms with Gasteiger partial charge >= 0.3 is 0 Å². The molecule has 7 heteroatoms. The minimum Gasteiger partial charge on any atom is -0.485 e. The molecule has 0 aromatic heterocycles. The number of amides is 2. The summed E-state index contributed by atoms with van der Waals surface area (Å²) in [6.07, 6.45) is -0.672. The van der Waals surface area contributed by atoms with Gasteiger partial charge in [0.15, 0.2) is 11.5 Å². The number of benzene rings is 3. The molecule has 5 rings (SSSR count). The Labute approximate surface area is 192 Å². The van der Waals surface area contributed by atoms with Gasteiger partial charge in [0.2, 0.25) is 6.10 Å². The van der Waals surface area contributed by atoms with Crippen LogP contribution in [0.15, 0.2) is 78.9 Å². The van der Waals surface area contributed by atoms with Crippen LogP contribution in [0.4, 0.5) is 0 Å². The van der Waals surface area contributed by atoms with E-state index in [4.69, 9.17) is 14.2 Å². The molecule has 0 N–H and O–H groups in total. The highest BCUT2D eigenvalue weighted by atomic mass is 16.6. The van der Waals surface area contributed by atoms with Gasteiger partial charge in [-0.3, -0.25) is 9.59 Å². The molecule has 2 aliphatic heterocycles. The molecule has 2 aliphatic rings. The van der Waals surface area contributed by atoms with Crippen LogP contribution in [-0.2, 0) is 4.79 Å². The smallest absolute Gasteiger partial charge is 0.267 e. The average Bonchev–Trinajstić information content (AvgIpc) is 2.88. The predicted molar refractivity (Wildman–Crippen MR) is 122 cm³/mol. The van der Waals surface area contributed by atoms with E-state index in [-0.39, 0.29) is 18.4 Å². The highest BCUT2D eigenvalue weighted by Crippen LogP contribution is 2.31. The number of rotatable bonds is 4. The van der Waals surface area contributed by atoms with Crippen LogP contribution < -0.4 is 14.2 Å². The molecule has 0 aliphatic carbocycles. The fraction of sp³-hybridized carbons (Fsp3) is 0.231. The monoisotopic (exact) mass is 444 g/mol. The summed E-state index contributed by atoms with van der Waals surface area (Å²) in [5.74, 6) is 2.35. The van der Waals surface area contributed by atoms with Crippen LogP contribution in [0.25, 0.3) is 0 Å². The van der Waals surface area contributed by atoms with Gasteiger partial charge in [0.1, 0.15) is 18.1 Å². The Kier molecular flexibility index (Phi) is 5.85. The standard InChI is InChI=1S/C26H24N2O5/c29-25(19-7-6-10-21(17-19)32-20-8-2-1-3-9-20)27-13-15-28(16-14-27)26(30)24-18-31-22-11-4-5-12-23(22)33-24/h1-12,17,24H,13-16,18H2. The third-order valence-electron chi connectivity index (χ3n) is 5.72. The Balaban J connectivity index is 1.18. The summed E-state index contributed by atoms with van der Waals surface area (Å²) in [7, 11) is 0. The summed E-state index contributed by atoms with van der Waals surface area (Å²) in [5.41, 5.74) is 0.559. The lowest BCUT2D eigenvalue weighted by Gasteiger charge is -2.37. The van der Waals surface area contributed by atoms with Gasteiger partial charge in [-0.2, -0.15) is 0 Å². The normalized spacial score (nSPS) is 17.4. The molecule has 1 unspecified atom stereocenters. The number of fused-ring (bicyclic) bond motifs is 1. The number of carbonyl (C=O) groups excluding carboxylic acids is 2. The van der Waals surface area contributed by atoms with Gasteiger partial charge in [0, 0.05) is 31.7 Å². The van der Waals surface area contributed by atoms with Crippen molar-refractivity contribution < 1.29 is 23.8 Å². The van der Waals surface area contributed by atoms with Crippen LogP contribution in [0.3, 0.4) is 0 Å². The Morgan fingerprint density at radius 1 is 0.758 bits per heavy atom. The van der Waals surface area contributed by atoms with Crippen LogP contribution in [0.1, 0.15) is 10.4 Å². The van der Waals surface area contributed by atoms with Crippen molar-refractivity contribution >= 4 is 11.8 Å². The molecule has 3 aromatic carbocycles. The molecule has 3 aromatic rings. The van der Waals surface area contributed by atoms with E-state index in [0.29, 0.717) is 54.7 Å². The zero-order chi connectivity index (χ0) is 22.6. The molecule has 2 amide bonds. The van der Waals surface area contributed by atoms with Crippen molar-refractivity contribution in [3.05, 3.63) is 84.4 Å². The summed E-state index contributed by atoms with van der Waals surface area (Å²) in [4.78, 5) is 29.5. The largest absolute Gasteiger partial charge is 0.485 e. The second-order valence-corrected chi connectivity index (χ2v) is 7.92. The maximum atomic E-state index is 13.0. The zero-order valence-electron chi connectivity index (χ0n) is 18.1. The fourth-order valence-electron chi connectivity index (χ4n) is 3.97. The minimum atomic E-state index is -0.672. The molecule has 0 bridgehead atoms. The molecule has 1 atom stereocenters. The van der Waals surface area contributed by atoms with Gasteiger partial charge in [-0.05, 0) is 42.5 Å². The van der Waals surface area contributed by atoms with Gasteiger partial charge in [-0.25, -0.2) is 0 Å². The fourth-order valence-corrected chi connectivity index (χ4v) is 3.97. The number of carbonyl (C=O) groups is 2. The minimum absolute atomic E-state index is 0.0770. The topological polar surface area (TPSA) is 68.3 Å². The summed E-state index contributed by atoms with van der Waals surface area (Å²) in [5, 5.41) is 0. The van der Waals surface area contributed by atoms with Gasteiger partial charge in [0.05, 0.1) is 0 Å². The molecular weight excluding hydrogens is 420 g/mol. The number of nitrogens with zero attached hydrogens (tertiary/aromatic N) is 2. The van der Waals surface area contributed by atoms with E-state index in [0.717, 1.165) is 0 Å². The molecule has 2 heterocycles. The molecule has 7 nitrogen and oxygen atoms in total. The van der Waals surface area contributed by atoms with E-state index in [9.17, 15) is 9.59 Å².